The second kappa shape index (κ2) is 6.49. The van der Waals surface area contributed by atoms with Gasteiger partial charge in [-0.3, -0.25) is 0 Å². The van der Waals surface area contributed by atoms with E-state index in [1.807, 2.05) is 7.05 Å². The average Bonchev–Trinajstić information content (AvgIpc) is 2.94. The van der Waals surface area contributed by atoms with E-state index in [4.69, 9.17) is 14.5 Å². The minimum absolute atomic E-state index is 0.413. The number of fused-ring (bicyclic) bond motifs is 1. The van der Waals surface area contributed by atoms with E-state index >= 15 is 0 Å². The van der Waals surface area contributed by atoms with E-state index in [-0.39, 0.29) is 0 Å². The summed E-state index contributed by atoms with van der Waals surface area (Å²) < 4.78 is 13.6. The molecule has 1 saturated heterocycles. The molecule has 126 valence electrons. The van der Waals surface area contributed by atoms with Crippen LogP contribution in [0.1, 0.15) is 32.5 Å². The first-order valence-corrected chi connectivity index (χ1v) is 8.36. The fourth-order valence-corrected chi connectivity index (χ4v) is 3.21. The molecule has 0 atom stereocenters. The quantitative estimate of drug-likeness (QED) is 0.918. The fourth-order valence-electron chi connectivity index (χ4n) is 3.21. The predicted octanol–water partition coefficient (Wildman–Crippen LogP) is 3.39. The number of rotatable bonds is 5. The molecule has 1 aliphatic rings. The highest BCUT2D eigenvalue weighted by Gasteiger charge is 2.29. The van der Waals surface area contributed by atoms with Crippen molar-refractivity contribution in [3.63, 3.8) is 0 Å². The molecule has 0 bridgehead atoms. The Balaban J connectivity index is 2.05. The van der Waals surface area contributed by atoms with Crippen LogP contribution in [0.4, 0.5) is 5.69 Å². The van der Waals surface area contributed by atoms with Crippen LogP contribution in [0, 0.1) is 5.92 Å². The van der Waals surface area contributed by atoms with E-state index in [0.29, 0.717) is 5.92 Å². The van der Waals surface area contributed by atoms with Gasteiger partial charge in [-0.2, -0.15) is 0 Å². The van der Waals surface area contributed by atoms with Crippen LogP contribution in [-0.4, -0.2) is 36.9 Å². The summed E-state index contributed by atoms with van der Waals surface area (Å²) in [5.74, 6) is 1.63. The summed E-state index contributed by atoms with van der Waals surface area (Å²) in [5, 5.41) is 3.18. The van der Waals surface area contributed by atoms with Gasteiger partial charge in [0.05, 0.1) is 11.0 Å². The zero-order valence-electron chi connectivity index (χ0n) is 14.6. The number of anilines is 1. The first-order chi connectivity index (χ1) is 11.0. The fraction of sp³-hybridized carbons (Fsp3) is 0.611. The van der Waals surface area contributed by atoms with Gasteiger partial charge in [0.2, 0.25) is 0 Å². The van der Waals surface area contributed by atoms with Gasteiger partial charge >= 0.3 is 0 Å². The van der Waals surface area contributed by atoms with Gasteiger partial charge in [0.15, 0.2) is 0 Å². The maximum absolute atomic E-state index is 5.72. The van der Waals surface area contributed by atoms with Crippen LogP contribution in [0.3, 0.4) is 0 Å². The Morgan fingerprint density at radius 3 is 2.74 bits per heavy atom. The van der Waals surface area contributed by atoms with Crippen molar-refractivity contribution < 1.29 is 9.47 Å². The monoisotopic (exact) mass is 317 g/mol. The summed E-state index contributed by atoms with van der Waals surface area (Å²) in [5.41, 5.74) is 2.86. The van der Waals surface area contributed by atoms with Crippen molar-refractivity contribution in [2.24, 2.45) is 5.92 Å². The topological polar surface area (TPSA) is 48.3 Å². The van der Waals surface area contributed by atoms with E-state index in [9.17, 15) is 0 Å². The van der Waals surface area contributed by atoms with Crippen molar-refractivity contribution >= 4 is 16.7 Å². The molecular formula is C18H27N3O2. The molecule has 3 rings (SSSR count). The Labute approximate surface area is 138 Å². The number of benzene rings is 1. The van der Waals surface area contributed by atoms with Gasteiger partial charge in [-0.1, -0.05) is 0 Å². The molecule has 2 aromatic rings. The maximum atomic E-state index is 5.72. The van der Waals surface area contributed by atoms with Gasteiger partial charge in [0, 0.05) is 39.6 Å². The second-order valence-electron chi connectivity index (χ2n) is 6.77. The minimum Gasteiger partial charge on any atom is -0.388 e. The molecule has 1 fully saturated rings. The molecule has 0 saturated carbocycles. The molecule has 5 nitrogen and oxygen atoms in total. The lowest BCUT2D eigenvalue weighted by atomic mass is 9.99. The molecule has 1 N–H and O–H groups in total. The maximum Gasteiger partial charge on any atom is 0.141 e. The predicted molar refractivity (Wildman–Crippen MR) is 92.9 cm³/mol. The Morgan fingerprint density at radius 1 is 1.35 bits per heavy atom. The number of imidazole rings is 1. The highest BCUT2D eigenvalue weighted by Crippen LogP contribution is 2.31. The van der Waals surface area contributed by atoms with E-state index in [1.165, 1.54) is 5.52 Å². The van der Waals surface area contributed by atoms with Crippen molar-refractivity contribution in [2.45, 2.75) is 38.8 Å². The van der Waals surface area contributed by atoms with Gasteiger partial charge in [0.1, 0.15) is 11.4 Å². The van der Waals surface area contributed by atoms with Crippen LogP contribution >= 0.6 is 0 Å². The number of hydrogen-bond donors (Lipinski definition) is 1. The van der Waals surface area contributed by atoms with Gasteiger partial charge in [-0.15, -0.1) is 0 Å². The van der Waals surface area contributed by atoms with Crippen LogP contribution in [0.2, 0.25) is 0 Å². The molecule has 23 heavy (non-hydrogen) atoms. The van der Waals surface area contributed by atoms with Crippen molar-refractivity contribution in [3.05, 3.63) is 24.0 Å². The summed E-state index contributed by atoms with van der Waals surface area (Å²) in [6.07, 6.45) is 2.22. The van der Waals surface area contributed by atoms with Crippen LogP contribution in [0.25, 0.3) is 11.0 Å². The summed E-state index contributed by atoms with van der Waals surface area (Å²) in [7, 11) is 3.68. The minimum atomic E-state index is -0.413. The zero-order chi connectivity index (χ0) is 16.4. The zero-order valence-corrected chi connectivity index (χ0v) is 14.6. The molecule has 1 aromatic heterocycles. The number of nitrogens with one attached hydrogen (secondary N) is 1. The molecule has 1 aliphatic heterocycles. The van der Waals surface area contributed by atoms with Crippen molar-refractivity contribution in [3.8, 4) is 0 Å². The Morgan fingerprint density at radius 2 is 2.09 bits per heavy atom. The molecule has 1 aromatic carbocycles. The van der Waals surface area contributed by atoms with Crippen LogP contribution in [0.5, 0.6) is 0 Å². The molecule has 5 heteroatoms. The molecule has 0 unspecified atom stereocenters. The van der Waals surface area contributed by atoms with Gasteiger partial charge in [-0.25, -0.2) is 4.98 Å². The number of methoxy groups -OCH3 is 1. The lowest BCUT2D eigenvalue weighted by Gasteiger charge is -2.27. The highest BCUT2D eigenvalue weighted by atomic mass is 16.5. The van der Waals surface area contributed by atoms with E-state index in [2.05, 4.69) is 41.9 Å². The van der Waals surface area contributed by atoms with E-state index in [0.717, 1.165) is 49.6 Å². The largest absolute Gasteiger partial charge is 0.388 e. The third kappa shape index (κ3) is 3.21. The molecule has 0 spiro atoms. The summed E-state index contributed by atoms with van der Waals surface area (Å²) in [6.45, 7) is 6.86. The Hall–Kier alpha value is -1.59. The van der Waals surface area contributed by atoms with Gasteiger partial charge in [0.25, 0.3) is 0 Å². The second-order valence-corrected chi connectivity index (χ2v) is 6.77. The highest BCUT2D eigenvalue weighted by molar-refractivity contribution is 5.80. The normalized spacial score (nSPS) is 16.9. The van der Waals surface area contributed by atoms with E-state index < -0.39 is 5.60 Å². The molecule has 0 radical (unpaired) electrons. The van der Waals surface area contributed by atoms with Crippen LogP contribution in [0.15, 0.2) is 18.2 Å². The van der Waals surface area contributed by atoms with Crippen LogP contribution < -0.4 is 5.32 Å². The standard InChI is InChI=1S/C18H27N3O2/c1-18(2,22-4)17-20-15-11-14(19-3)5-6-16(15)21(17)12-13-7-9-23-10-8-13/h5-6,11,13,19H,7-10,12H2,1-4H3. The lowest BCUT2D eigenvalue weighted by molar-refractivity contribution is 0.00684. The lowest BCUT2D eigenvalue weighted by Crippen LogP contribution is -2.28. The average molecular weight is 317 g/mol. The first kappa shape index (κ1) is 16.3. The summed E-state index contributed by atoms with van der Waals surface area (Å²) in [6, 6.07) is 6.36. The number of nitrogens with zero attached hydrogens (tertiary/aromatic N) is 2. The Kier molecular flexibility index (Phi) is 4.60. The first-order valence-electron chi connectivity index (χ1n) is 8.36. The smallest absolute Gasteiger partial charge is 0.141 e. The number of hydrogen-bond acceptors (Lipinski definition) is 4. The molecule has 2 heterocycles. The van der Waals surface area contributed by atoms with Gasteiger partial charge < -0.3 is 19.4 Å². The summed E-state index contributed by atoms with van der Waals surface area (Å²) in [4.78, 5) is 4.90. The van der Waals surface area contributed by atoms with Gasteiger partial charge in [-0.05, 0) is 50.8 Å². The molecular weight excluding hydrogens is 290 g/mol. The SMILES string of the molecule is CNc1ccc2c(c1)nc(C(C)(C)OC)n2CC1CCOCC1. The molecule has 0 aliphatic carbocycles. The van der Waals surface area contributed by atoms with E-state index in [1.54, 1.807) is 7.11 Å². The van der Waals surface area contributed by atoms with Crippen molar-refractivity contribution in [1.29, 1.82) is 0 Å². The third-order valence-electron chi connectivity index (χ3n) is 4.87. The number of ether oxygens (including phenoxy) is 2. The third-order valence-corrected chi connectivity index (χ3v) is 4.87. The van der Waals surface area contributed by atoms with Crippen molar-refractivity contribution in [2.75, 3.05) is 32.7 Å². The Bertz CT molecular complexity index is 672. The van der Waals surface area contributed by atoms with Crippen molar-refractivity contribution in [1.82, 2.24) is 9.55 Å². The van der Waals surface area contributed by atoms with Crippen LogP contribution in [-0.2, 0) is 21.6 Å². The molecule has 0 amide bonds. The summed E-state index contributed by atoms with van der Waals surface area (Å²) >= 11 is 0. The number of aromatic nitrogens is 2.